The van der Waals surface area contributed by atoms with Crippen molar-refractivity contribution in [1.82, 2.24) is 0 Å². The monoisotopic (exact) mass is 420 g/mol. The Labute approximate surface area is 180 Å². The van der Waals surface area contributed by atoms with Crippen molar-refractivity contribution < 1.29 is 25.2 Å². The highest BCUT2D eigenvalue weighted by molar-refractivity contribution is 5.30. The average Bonchev–Trinajstić information content (AvgIpc) is 2.86. The molecule has 0 aliphatic heterocycles. The first-order valence-electron chi connectivity index (χ1n) is 11.9. The van der Waals surface area contributed by atoms with Gasteiger partial charge in [-0.25, -0.2) is 0 Å². The quantitative estimate of drug-likeness (QED) is 0.293. The molecule has 2 bridgehead atoms. The Bertz CT molecular complexity index is 704. The highest BCUT2D eigenvalue weighted by Crippen LogP contribution is 2.72. The van der Waals surface area contributed by atoms with Gasteiger partial charge in [-0.1, -0.05) is 33.3 Å². The summed E-state index contributed by atoms with van der Waals surface area (Å²) in [6.07, 6.45) is 9.03. The maximum Gasteiger partial charge on any atom is 0.214 e. The Hall–Kier alpha value is -0.880. The fourth-order valence-corrected chi connectivity index (χ4v) is 8.20. The molecule has 0 amide bonds. The van der Waals surface area contributed by atoms with Gasteiger partial charge in [0.05, 0.1) is 11.7 Å². The molecule has 4 rings (SSSR count). The van der Waals surface area contributed by atoms with E-state index in [1.165, 1.54) is 32.1 Å². The Morgan fingerprint density at radius 2 is 2.00 bits per heavy atom. The van der Waals surface area contributed by atoms with Crippen LogP contribution in [0.3, 0.4) is 0 Å². The summed E-state index contributed by atoms with van der Waals surface area (Å²) in [7, 11) is 0. The van der Waals surface area contributed by atoms with E-state index in [1.807, 2.05) is 0 Å². The van der Waals surface area contributed by atoms with Gasteiger partial charge in [0.15, 0.2) is 0 Å². The first-order valence-corrected chi connectivity index (χ1v) is 11.9. The molecular weight excluding hydrogens is 380 g/mol. The van der Waals surface area contributed by atoms with E-state index in [4.69, 9.17) is 9.84 Å². The molecule has 8 atom stereocenters. The predicted molar refractivity (Wildman–Crippen MR) is 116 cm³/mol. The predicted octanol–water partition coefficient (Wildman–Crippen LogP) is 4.23. The summed E-state index contributed by atoms with van der Waals surface area (Å²) in [4.78, 5) is 0. The number of hydrogen-bond donors (Lipinski definition) is 4. The van der Waals surface area contributed by atoms with Crippen LogP contribution in [0.4, 0.5) is 0 Å². The molecule has 1 spiro atoms. The lowest BCUT2D eigenvalue weighted by Crippen LogP contribution is -2.55. The van der Waals surface area contributed by atoms with Crippen LogP contribution in [0.1, 0.15) is 78.1 Å². The molecule has 0 saturated heterocycles. The number of aliphatic hydroxyl groups is 4. The fraction of sp³-hybridized carbons (Fsp3) is 0.840. The summed E-state index contributed by atoms with van der Waals surface area (Å²) >= 11 is 0. The van der Waals surface area contributed by atoms with Crippen LogP contribution in [0.25, 0.3) is 0 Å². The number of fused-ring (bicyclic) bond motifs is 3. The third kappa shape index (κ3) is 3.46. The summed E-state index contributed by atoms with van der Waals surface area (Å²) in [6.45, 7) is 9.18. The Balaban J connectivity index is 1.53. The Morgan fingerprint density at radius 3 is 2.73 bits per heavy atom. The summed E-state index contributed by atoms with van der Waals surface area (Å²) in [5.74, 6) is 1.91. The van der Waals surface area contributed by atoms with E-state index in [-0.39, 0.29) is 18.4 Å². The zero-order valence-electron chi connectivity index (χ0n) is 18.6. The highest BCUT2D eigenvalue weighted by atomic mass is 16.6. The van der Waals surface area contributed by atoms with E-state index in [2.05, 4.69) is 20.4 Å². The molecule has 0 aromatic rings. The van der Waals surface area contributed by atoms with Gasteiger partial charge in [-0.05, 0) is 85.2 Å². The molecule has 4 aliphatic carbocycles. The van der Waals surface area contributed by atoms with Crippen LogP contribution in [0.15, 0.2) is 24.0 Å². The van der Waals surface area contributed by atoms with Gasteiger partial charge in [0.1, 0.15) is 5.76 Å². The molecular formula is C25H40O5. The van der Waals surface area contributed by atoms with Crippen LogP contribution < -0.4 is 0 Å². The normalized spacial score (nSPS) is 45.6. The zero-order chi connectivity index (χ0) is 21.7. The lowest BCUT2D eigenvalue weighted by atomic mass is 9.43. The SMILES string of the molecule is C=C1CC23CCC4[C@@H](C)CCC[C@@]4(C)[C@@H]2CCC1(OC(O)/C(O)=C/C(O)CCO)C3. The van der Waals surface area contributed by atoms with Gasteiger partial charge in [-0.15, -0.1) is 0 Å². The van der Waals surface area contributed by atoms with E-state index in [0.717, 1.165) is 49.2 Å². The number of aliphatic hydroxyl groups excluding tert-OH is 4. The topological polar surface area (TPSA) is 90.2 Å². The van der Waals surface area contributed by atoms with Crippen LogP contribution in [-0.4, -0.2) is 45.0 Å². The fourth-order valence-electron chi connectivity index (χ4n) is 8.20. The highest BCUT2D eigenvalue weighted by Gasteiger charge is 2.65. The number of rotatable bonds is 6. The van der Waals surface area contributed by atoms with Crippen LogP contribution >= 0.6 is 0 Å². The van der Waals surface area contributed by atoms with E-state index in [1.54, 1.807) is 0 Å². The molecule has 0 radical (unpaired) electrons. The van der Waals surface area contributed by atoms with Crippen molar-refractivity contribution >= 4 is 0 Å². The van der Waals surface area contributed by atoms with Gasteiger partial charge >= 0.3 is 0 Å². The first kappa shape index (κ1) is 22.3. The van der Waals surface area contributed by atoms with Crippen molar-refractivity contribution in [2.45, 2.75) is 96.1 Å². The molecule has 0 aromatic carbocycles. The minimum Gasteiger partial charge on any atom is -0.507 e. The smallest absolute Gasteiger partial charge is 0.214 e. The van der Waals surface area contributed by atoms with Crippen molar-refractivity contribution in [3.8, 4) is 0 Å². The molecule has 4 aliphatic rings. The summed E-state index contributed by atoms with van der Waals surface area (Å²) < 4.78 is 6.12. The van der Waals surface area contributed by atoms with Crippen LogP contribution in [0, 0.1) is 28.6 Å². The van der Waals surface area contributed by atoms with Crippen LogP contribution in [0.5, 0.6) is 0 Å². The zero-order valence-corrected chi connectivity index (χ0v) is 18.6. The first-order chi connectivity index (χ1) is 14.2. The third-order valence-corrected chi connectivity index (χ3v) is 9.46. The molecule has 4 N–H and O–H groups in total. The number of hydrogen-bond acceptors (Lipinski definition) is 5. The standard InChI is InChI=1S/C25H40O5/c1-16-5-4-9-23(3)19(16)6-10-24-14-17(2)25(15-24,11-7-21(23)24)30-22(29)20(28)13-18(27)8-12-26/h13,16,18-19,21-22,26-29H,2,4-12,14-15H2,1,3H3/b20-13-/t16-,18?,19?,21-,22?,23+,24?,25?/m0/s1. The van der Waals surface area contributed by atoms with Gasteiger partial charge in [-0.3, -0.25) is 0 Å². The molecule has 0 heterocycles. The van der Waals surface area contributed by atoms with Crippen molar-refractivity contribution in [1.29, 1.82) is 0 Å². The minimum absolute atomic E-state index is 0.109. The van der Waals surface area contributed by atoms with Crippen molar-refractivity contribution in [2.75, 3.05) is 6.61 Å². The van der Waals surface area contributed by atoms with Gasteiger partial charge in [-0.2, -0.15) is 0 Å². The largest absolute Gasteiger partial charge is 0.507 e. The lowest BCUT2D eigenvalue weighted by Gasteiger charge is -2.62. The number of ether oxygens (including phenoxy) is 1. The van der Waals surface area contributed by atoms with Crippen LogP contribution in [-0.2, 0) is 4.74 Å². The molecule has 170 valence electrons. The molecule has 5 nitrogen and oxygen atoms in total. The van der Waals surface area contributed by atoms with E-state index >= 15 is 0 Å². The van der Waals surface area contributed by atoms with Crippen molar-refractivity contribution in [2.24, 2.45) is 28.6 Å². The maximum atomic E-state index is 10.5. The summed E-state index contributed by atoms with van der Waals surface area (Å²) in [6, 6.07) is 0. The summed E-state index contributed by atoms with van der Waals surface area (Å²) in [5.41, 5.74) is 1.05. The molecule has 4 saturated carbocycles. The average molecular weight is 421 g/mol. The lowest BCUT2D eigenvalue weighted by molar-refractivity contribution is -0.201. The second kappa shape index (κ2) is 7.91. The van der Waals surface area contributed by atoms with Crippen molar-refractivity contribution in [3.63, 3.8) is 0 Å². The molecule has 5 heteroatoms. The summed E-state index contributed by atoms with van der Waals surface area (Å²) in [5, 5.41) is 39.5. The Morgan fingerprint density at radius 1 is 1.23 bits per heavy atom. The third-order valence-electron chi connectivity index (χ3n) is 9.46. The van der Waals surface area contributed by atoms with Gasteiger partial charge in [0.2, 0.25) is 6.29 Å². The van der Waals surface area contributed by atoms with E-state index in [9.17, 15) is 15.3 Å². The van der Waals surface area contributed by atoms with Crippen LogP contribution in [0.2, 0.25) is 0 Å². The van der Waals surface area contributed by atoms with Gasteiger partial charge in [0, 0.05) is 13.0 Å². The molecule has 5 unspecified atom stereocenters. The van der Waals surface area contributed by atoms with E-state index < -0.39 is 23.8 Å². The minimum atomic E-state index is -1.48. The van der Waals surface area contributed by atoms with Gasteiger partial charge < -0.3 is 25.2 Å². The van der Waals surface area contributed by atoms with E-state index in [0.29, 0.717) is 11.3 Å². The maximum absolute atomic E-state index is 10.5. The molecule has 30 heavy (non-hydrogen) atoms. The second-order valence-electron chi connectivity index (χ2n) is 11.1. The molecule has 4 fully saturated rings. The second-order valence-corrected chi connectivity index (χ2v) is 11.1. The van der Waals surface area contributed by atoms with Crippen molar-refractivity contribution in [3.05, 3.63) is 24.0 Å². The Kier molecular flexibility index (Phi) is 5.89. The molecule has 0 aromatic heterocycles. The van der Waals surface area contributed by atoms with Gasteiger partial charge in [0.25, 0.3) is 0 Å².